The van der Waals surface area contributed by atoms with Crippen molar-refractivity contribution in [3.05, 3.63) is 34.9 Å². The molecule has 0 saturated carbocycles. The van der Waals surface area contributed by atoms with Gasteiger partial charge in [-0.15, -0.1) is 0 Å². The van der Waals surface area contributed by atoms with E-state index in [2.05, 4.69) is 0 Å². The third kappa shape index (κ3) is 3.07. The minimum Gasteiger partial charge on any atom is -0.481 e. The van der Waals surface area contributed by atoms with Gasteiger partial charge in [-0.25, -0.2) is 0 Å². The van der Waals surface area contributed by atoms with Crippen LogP contribution in [0.1, 0.15) is 36.6 Å². The summed E-state index contributed by atoms with van der Waals surface area (Å²) in [6, 6.07) is 5.44. The molecule has 17 heavy (non-hydrogen) atoms. The zero-order chi connectivity index (χ0) is 13.2. The molecule has 94 valence electrons. The van der Waals surface area contributed by atoms with Gasteiger partial charge in [-0.05, 0) is 36.5 Å². The van der Waals surface area contributed by atoms with E-state index >= 15 is 0 Å². The molecule has 3 N–H and O–H groups in total. The largest absolute Gasteiger partial charge is 0.481 e. The van der Waals surface area contributed by atoms with E-state index in [1.54, 1.807) is 0 Å². The van der Waals surface area contributed by atoms with Crippen LogP contribution in [0.2, 0.25) is 0 Å². The van der Waals surface area contributed by atoms with E-state index < -0.39 is 17.9 Å². The maximum atomic E-state index is 11.2. The second-order valence-corrected chi connectivity index (χ2v) is 4.98. The number of rotatable bonds is 4. The topological polar surface area (TPSA) is 63.3 Å². The fourth-order valence-corrected chi connectivity index (χ4v) is 2.03. The van der Waals surface area contributed by atoms with Crippen LogP contribution in [0.4, 0.5) is 0 Å². The third-order valence-corrected chi connectivity index (χ3v) is 3.31. The zero-order valence-electron chi connectivity index (χ0n) is 10.9. The molecule has 0 aromatic heterocycles. The Bertz CT molecular complexity index is 413. The smallest absolute Gasteiger partial charge is 0.308 e. The summed E-state index contributed by atoms with van der Waals surface area (Å²) in [6.45, 7) is 7.82. The van der Waals surface area contributed by atoms with Gasteiger partial charge in [0.1, 0.15) is 0 Å². The maximum absolute atomic E-state index is 11.2. The van der Waals surface area contributed by atoms with Gasteiger partial charge in [0, 0.05) is 6.04 Å². The minimum atomic E-state index is -0.828. The molecule has 0 saturated heterocycles. The highest BCUT2D eigenvalue weighted by molar-refractivity contribution is 5.71. The fraction of sp³-hybridized carbons (Fsp3) is 0.500. The van der Waals surface area contributed by atoms with E-state index in [4.69, 9.17) is 5.73 Å². The van der Waals surface area contributed by atoms with Crippen molar-refractivity contribution >= 4 is 5.97 Å². The minimum absolute atomic E-state index is 0.0177. The summed E-state index contributed by atoms with van der Waals surface area (Å²) in [5.74, 6) is -1.35. The Morgan fingerprint density at radius 3 is 2.24 bits per heavy atom. The average molecular weight is 235 g/mol. The number of hydrogen-bond donors (Lipinski definition) is 2. The Morgan fingerprint density at radius 1 is 1.24 bits per heavy atom. The van der Waals surface area contributed by atoms with E-state index in [9.17, 15) is 9.90 Å². The van der Waals surface area contributed by atoms with Crippen molar-refractivity contribution in [3.63, 3.8) is 0 Å². The first-order chi connectivity index (χ1) is 7.84. The molecule has 0 spiro atoms. The molecular formula is C14H21NO2. The van der Waals surface area contributed by atoms with Gasteiger partial charge in [-0.2, -0.15) is 0 Å². The average Bonchev–Trinajstić information content (AvgIpc) is 2.20. The molecule has 0 aliphatic carbocycles. The molecule has 2 unspecified atom stereocenters. The zero-order valence-corrected chi connectivity index (χ0v) is 10.9. The highest BCUT2D eigenvalue weighted by Crippen LogP contribution is 2.27. The van der Waals surface area contributed by atoms with Gasteiger partial charge in [0.15, 0.2) is 0 Å². The van der Waals surface area contributed by atoms with Crippen molar-refractivity contribution in [1.82, 2.24) is 0 Å². The number of carbonyl (C=O) groups is 1. The molecule has 0 radical (unpaired) electrons. The van der Waals surface area contributed by atoms with Crippen molar-refractivity contribution < 1.29 is 9.90 Å². The van der Waals surface area contributed by atoms with Gasteiger partial charge < -0.3 is 10.8 Å². The lowest BCUT2D eigenvalue weighted by Crippen LogP contribution is -2.32. The predicted molar refractivity (Wildman–Crippen MR) is 68.8 cm³/mol. The molecule has 0 heterocycles. The Labute approximate surface area is 103 Å². The lowest BCUT2D eigenvalue weighted by molar-refractivity contribution is -0.144. The molecule has 0 bridgehead atoms. The van der Waals surface area contributed by atoms with Gasteiger partial charge in [-0.1, -0.05) is 32.0 Å². The number of hydrogen-bond acceptors (Lipinski definition) is 2. The van der Waals surface area contributed by atoms with Gasteiger partial charge in [0.2, 0.25) is 0 Å². The van der Waals surface area contributed by atoms with E-state index in [0.29, 0.717) is 0 Å². The number of carboxylic acids is 1. The first kappa shape index (κ1) is 13.7. The van der Waals surface area contributed by atoms with Crippen LogP contribution in [-0.4, -0.2) is 11.1 Å². The van der Waals surface area contributed by atoms with Gasteiger partial charge in [0.05, 0.1) is 5.92 Å². The first-order valence-electron chi connectivity index (χ1n) is 5.90. The summed E-state index contributed by atoms with van der Waals surface area (Å²) in [5.41, 5.74) is 9.31. The molecule has 1 aromatic rings. The van der Waals surface area contributed by atoms with E-state index in [1.165, 1.54) is 5.56 Å². The summed E-state index contributed by atoms with van der Waals surface area (Å²) in [6.07, 6.45) is 0. The normalized spacial score (nSPS) is 14.7. The predicted octanol–water partition coefficient (Wildman–Crippen LogP) is 2.66. The number of carboxylic acid groups (broad SMARTS) is 1. The molecule has 0 aliphatic rings. The molecule has 3 heteroatoms. The monoisotopic (exact) mass is 235 g/mol. The molecule has 1 aromatic carbocycles. The van der Waals surface area contributed by atoms with Crippen LogP contribution >= 0.6 is 0 Å². The van der Waals surface area contributed by atoms with Crippen LogP contribution < -0.4 is 5.73 Å². The maximum Gasteiger partial charge on any atom is 0.308 e. The number of nitrogens with two attached hydrogens (primary N) is 1. The van der Waals surface area contributed by atoms with E-state index in [1.807, 2.05) is 45.9 Å². The summed E-state index contributed by atoms with van der Waals surface area (Å²) >= 11 is 0. The summed E-state index contributed by atoms with van der Waals surface area (Å²) < 4.78 is 0. The second-order valence-electron chi connectivity index (χ2n) is 4.98. The standard InChI is InChI=1S/C14H21NO2/c1-8(2)12(14(16)17)13(15)11-6-5-9(3)10(4)7-11/h5-8,12-13H,15H2,1-4H3,(H,16,17). The van der Waals surface area contributed by atoms with Crippen LogP contribution in [0.3, 0.4) is 0 Å². The van der Waals surface area contributed by atoms with Crippen molar-refractivity contribution in [3.8, 4) is 0 Å². The number of benzene rings is 1. The Kier molecular flexibility index (Phi) is 4.29. The van der Waals surface area contributed by atoms with Crippen LogP contribution in [0.5, 0.6) is 0 Å². The molecule has 0 aliphatic heterocycles. The Morgan fingerprint density at radius 2 is 1.82 bits per heavy atom. The van der Waals surface area contributed by atoms with Crippen molar-refractivity contribution in [2.75, 3.05) is 0 Å². The quantitative estimate of drug-likeness (QED) is 0.843. The van der Waals surface area contributed by atoms with Crippen molar-refractivity contribution in [2.45, 2.75) is 33.7 Å². The van der Waals surface area contributed by atoms with Crippen LogP contribution in [0.25, 0.3) is 0 Å². The molecular weight excluding hydrogens is 214 g/mol. The van der Waals surface area contributed by atoms with E-state index in [-0.39, 0.29) is 5.92 Å². The number of aliphatic carboxylic acids is 1. The summed E-state index contributed by atoms with van der Waals surface area (Å²) in [7, 11) is 0. The highest BCUT2D eigenvalue weighted by atomic mass is 16.4. The summed E-state index contributed by atoms with van der Waals surface area (Å²) in [5, 5.41) is 9.22. The SMILES string of the molecule is Cc1ccc(C(N)C(C(=O)O)C(C)C)cc1C. The van der Waals surface area contributed by atoms with Crippen LogP contribution in [-0.2, 0) is 4.79 Å². The Balaban J connectivity index is 3.05. The van der Waals surface area contributed by atoms with E-state index in [0.717, 1.165) is 11.1 Å². The summed E-state index contributed by atoms with van der Waals surface area (Å²) in [4.78, 5) is 11.2. The lowest BCUT2D eigenvalue weighted by Gasteiger charge is -2.24. The first-order valence-corrected chi connectivity index (χ1v) is 5.90. The highest BCUT2D eigenvalue weighted by Gasteiger charge is 2.29. The van der Waals surface area contributed by atoms with Crippen LogP contribution in [0, 0.1) is 25.7 Å². The number of aryl methyl sites for hydroxylation is 2. The molecule has 0 amide bonds. The molecule has 0 fully saturated rings. The molecule has 3 nitrogen and oxygen atoms in total. The fourth-order valence-electron chi connectivity index (χ4n) is 2.03. The van der Waals surface area contributed by atoms with Gasteiger partial charge >= 0.3 is 5.97 Å². The molecule has 2 atom stereocenters. The van der Waals surface area contributed by atoms with Crippen LogP contribution in [0.15, 0.2) is 18.2 Å². The lowest BCUT2D eigenvalue weighted by atomic mass is 9.84. The van der Waals surface area contributed by atoms with Crippen molar-refractivity contribution in [2.24, 2.45) is 17.6 Å². The third-order valence-electron chi connectivity index (χ3n) is 3.31. The van der Waals surface area contributed by atoms with Crippen molar-refractivity contribution in [1.29, 1.82) is 0 Å². The Hall–Kier alpha value is -1.35. The second kappa shape index (κ2) is 5.32. The van der Waals surface area contributed by atoms with Gasteiger partial charge in [0.25, 0.3) is 0 Å². The molecule has 1 rings (SSSR count). The van der Waals surface area contributed by atoms with Gasteiger partial charge in [-0.3, -0.25) is 4.79 Å².